The predicted molar refractivity (Wildman–Crippen MR) is 98.3 cm³/mol. The van der Waals surface area contributed by atoms with Gasteiger partial charge in [0.1, 0.15) is 0 Å². The molecule has 25 heavy (non-hydrogen) atoms. The topological polar surface area (TPSA) is 54.0 Å². The third kappa shape index (κ3) is 5.31. The fourth-order valence-electron chi connectivity index (χ4n) is 3.27. The van der Waals surface area contributed by atoms with Gasteiger partial charge in [-0.15, -0.1) is 0 Å². The summed E-state index contributed by atoms with van der Waals surface area (Å²) in [5.41, 5.74) is 0.651. The van der Waals surface area contributed by atoms with E-state index in [1.165, 1.54) is 0 Å². The number of urea groups is 1. The number of morpholine rings is 1. The van der Waals surface area contributed by atoms with Gasteiger partial charge in [-0.1, -0.05) is 23.7 Å². The van der Waals surface area contributed by atoms with Crippen LogP contribution in [0.1, 0.15) is 12.8 Å². The van der Waals surface area contributed by atoms with E-state index in [0.29, 0.717) is 30.5 Å². The maximum atomic E-state index is 12.9. The number of hydrogen-bond acceptors (Lipinski definition) is 4. The summed E-state index contributed by atoms with van der Waals surface area (Å²) in [6.45, 7) is 6.35. The van der Waals surface area contributed by atoms with Crippen LogP contribution in [0.3, 0.4) is 0 Å². The first kappa shape index (κ1) is 18.5. The van der Waals surface area contributed by atoms with Gasteiger partial charge in [-0.3, -0.25) is 4.90 Å². The third-order valence-corrected chi connectivity index (χ3v) is 5.10. The zero-order valence-electron chi connectivity index (χ0n) is 14.5. The SMILES string of the molecule is O=C(Nc1ccccc1Cl)N(CCN1CCOCC1)C1CCOCC1. The van der Waals surface area contributed by atoms with E-state index in [0.717, 1.165) is 45.7 Å². The number of rotatable bonds is 5. The summed E-state index contributed by atoms with van der Waals surface area (Å²) < 4.78 is 10.9. The van der Waals surface area contributed by atoms with E-state index in [1.54, 1.807) is 6.07 Å². The van der Waals surface area contributed by atoms with E-state index < -0.39 is 0 Å². The van der Waals surface area contributed by atoms with Crippen molar-refractivity contribution in [1.82, 2.24) is 9.80 Å². The Hall–Kier alpha value is -1.34. The van der Waals surface area contributed by atoms with Gasteiger partial charge in [0.25, 0.3) is 0 Å². The Morgan fingerprint density at radius 1 is 1.16 bits per heavy atom. The largest absolute Gasteiger partial charge is 0.381 e. The number of para-hydroxylation sites is 1. The van der Waals surface area contributed by atoms with Crippen molar-refractivity contribution < 1.29 is 14.3 Å². The zero-order chi connectivity index (χ0) is 17.5. The molecule has 0 unspecified atom stereocenters. The quantitative estimate of drug-likeness (QED) is 0.869. The minimum atomic E-state index is -0.0896. The molecule has 138 valence electrons. The smallest absolute Gasteiger partial charge is 0.322 e. The average molecular weight is 368 g/mol. The minimum Gasteiger partial charge on any atom is -0.381 e. The summed E-state index contributed by atoms with van der Waals surface area (Å²) in [6.07, 6.45) is 1.75. The van der Waals surface area contributed by atoms with Gasteiger partial charge in [-0.05, 0) is 25.0 Å². The van der Waals surface area contributed by atoms with Gasteiger partial charge in [-0.2, -0.15) is 0 Å². The summed E-state index contributed by atoms with van der Waals surface area (Å²) in [7, 11) is 0. The molecule has 1 N–H and O–H groups in total. The van der Waals surface area contributed by atoms with Crippen LogP contribution >= 0.6 is 11.6 Å². The number of anilines is 1. The van der Waals surface area contributed by atoms with Crippen molar-refractivity contribution in [1.29, 1.82) is 0 Å². The lowest BCUT2D eigenvalue weighted by Crippen LogP contribution is -2.49. The van der Waals surface area contributed by atoms with Crippen molar-refractivity contribution in [3.8, 4) is 0 Å². The van der Waals surface area contributed by atoms with E-state index in [1.807, 2.05) is 23.1 Å². The highest BCUT2D eigenvalue weighted by Crippen LogP contribution is 2.22. The fraction of sp³-hybridized carbons (Fsp3) is 0.611. The molecule has 0 atom stereocenters. The maximum absolute atomic E-state index is 12.9. The minimum absolute atomic E-state index is 0.0896. The normalized spacial score (nSPS) is 19.6. The lowest BCUT2D eigenvalue weighted by molar-refractivity contribution is 0.0238. The number of amides is 2. The Morgan fingerprint density at radius 2 is 1.84 bits per heavy atom. The molecule has 3 rings (SSSR count). The second kappa shape index (κ2) is 9.38. The molecule has 0 saturated carbocycles. The molecule has 6 nitrogen and oxygen atoms in total. The van der Waals surface area contributed by atoms with Gasteiger partial charge in [0.2, 0.25) is 0 Å². The van der Waals surface area contributed by atoms with Crippen LogP contribution in [0.5, 0.6) is 0 Å². The van der Waals surface area contributed by atoms with Gasteiger partial charge in [0, 0.05) is 45.4 Å². The zero-order valence-corrected chi connectivity index (χ0v) is 15.2. The first-order valence-electron chi connectivity index (χ1n) is 8.94. The van der Waals surface area contributed by atoms with E-state index in [-0.39, 0.29) is 12.1 Å². The monoisotopic (exact) mass is 367 g/mol. The number of nitrogens with one attached hydrogen (secondary N) is 1. The number of carbonyl (C=O) groups is 1. The van der Waals surface area contributed by atoms with Gasteiger partial charge >= 0.3 is 6.03 Å². The Balaban J connectivity index is 1.64. The van der Waals surface area contributed by atoms with Crippen molar-refractivity contribution in [2.24, 2.45) is 0 Å². The van der Waals surface area contributed by atoms with Gasteiger partial charge in [0.05, 0.1) is 23.9 Å². The molecule has 0 aliphatic carbocycles. The Labute approximate surface area is 154 Å². The van der Waals surface area contributed by atoms with Gasteiger partial charge in [0.15, 0.2) is 0 Å². The van der Waals surface area contributed by atoms with Crippen LogP contribution in [0, 0.1) is 0 Å². The first-order valence-corrected chi connectivity index (χ1v) is 9.32. The molecule has 1 aromatic carbocycles. The Kier molecular flexibility index (Phi) is 6.93. The van der Waals surface area contributed by atoms with Crippen LogP contribution in [-0.4, -0.2) is 74.5 Å². The van der Waals surface area contributed by atoms with Crippen molar-refractivity contribution in [2.45, 2.75) is 18.9 Å². The Bertz CT molecular complexity index is 560. The van der Waals surface area contributed by atoms with Crippen LogP contribution in [0.4, 0.5) is 10.5 Å². The molecule has 1 aromatic rings. The van der Waals surface area contributed by atoms with E-state index in [2.05, 4.69) is 10.2 Å². The second-order valence-corrected chi connectivity index (χ2v) is 6.81. The molecule has 2 heterocycles. The molecule has 0 bridgehead atoms. The molecule has 0 spiro atoms. The molecule has 2 amide bonds. The van der Waals surface area contributed by atoms with Crippen LogP contribution < -0.4 is 5.32 Å². The van der Waals surface area contributed by atoms with E-state index in [4.69, 9.17) is 21.1 Å². The van der Waals surface area contributed by atoms with E-state index >= 15 is 0 Å². The molecule has 2 saturated heterocycles. The van der Waals surface area contributed by atoms with Crippen molar-refractivity contribution >= 4 is 23.3 Å². The molecule has 7 heteroatoms. The molecule has 0 aromatic heterocycles. The summed E-state index contributed by atoms with van der Waals surface area (Å²) in [4.78, 5) is 17.2. The fourth-order valence-corrected chi connectivity index (χ4v) is 3.45. The number of hydrogen-bond donors (Lipinski definition) is 1. The van der Waals surface area contributed by atoms with Crippen LogP contribution in [0.25, 0.3) is 0 Å². The number of ether oxygens (including phenoxy) is 2. The van der Waals surface area contributed by atoms with Gasteiger partial charge < -0.3 is 19.7 Å². The molecular weight excluding hydrogens is 342 g/mol. The van der Waals surface area contributed by atoms with E-state index in [9.17, 15) is 4.79 Å². The van der Waals surface area contributed by atoms with Crippen molar-refractivity contribution in [3.63, 3.8) is 0 Å². The third-order valence-electron chi connectivity index (χ3n) is 4.77. The number of carbonyl (C=O) groups excluding carboxylic acids is 1. The highest BCUT2D eigenvalue weighted by atomic mass is 35.5. The molecular formula is C18H26ClN3O3. The average Bonchev–Trinajstić information content (AvgIpc) is 2.65. The Morgan fingerprint density at radius 3 is 2.56 bits per heavy atom. The van der Waals surface area contributed by atoms with Crippen molar-refractivity contribution in [3.05, 3.63) is 29.3 Å². The number of halogens is 1. The summed E-state index contributed by atoms with van der Waals surface area (Å²) in [6, 6.07) is 7.44. The van der Waals surface area contributed by atoms with Crippen molar-refractivity contribution in [2.75, 3.05) is 57.9 Å². The van der Waals surface area contributed by atoms with Gasteiger partial charge in [-0.25, -0.2) is 4.79 Å². The second-order valence-electron chi connectivity index (χ2n) is 6.40. The summed E-state index contributed by atoms with van der Waals surface area (Å²) >= 11 is 6.18. The number of benzene rings is 1. The number of nitrogens with zero attached hydrogens (tertiary/aromatic N) is 2. The standard InChI is InChI=1S/C18H26ClN3O3/c19-16-3-1-2-4-17(16)20-18(23)22(15-5-11-24-12-6-15)8-7-21-9-13-25-14-10-21/h1-4,15H,5-14H2,(H,20,23). The van der Waals surface area contributed by atoms with Crippen LogP contribution in [0.2, 0.25) is 5.02 Å². The summed E-state index contributed by atoms with van der Waals surface area (Å²) in [5.74, 6) is 0. The summed E-state index contributed by atoms with van der Waals surface area (Å²) in [5, 5.41) is 3.52. The highest BCUT2D eigenvalue weighted by molar-refractivity contribution is 6.33. The maximum Gasteiger partial charge on any atom is 0.322 e. The predicted octanol–water partition coefficient (Wildman–Crippen LogP) is 2.69. The van der Waals surface area contributed by atoms with Crippen LogP contribution in [0.15, 0.2) is 24.3 Å². The molecule has 2 aliphatic heterocycles. The molecule has 2 aliphatic rings. The lowest BCUT2D eigenvalue weighted by atomic mass is 10.1. The van der Waals surface area contributed by atoms with Crippen LogP contribution in [-0.2, 0) is 9.47 Å². The highest BCUT2D eigenvalue weighted by Gasteiger charge is 2.27. The molecule has 0 radical (unpaired) electrons. The first-order chi connectivity index (χ1) is 12.2. The molecule has 2 fully saturated rings. The lowest BCUT2D eigenvalue weighted by Gasteiger charge is -2.36.